The van der Waals surface area contributed by atoms with Gasteiger partial charge in [-0.05, 0) is 12.0 Å². The molecule has 0 saturated carbocycles. The minimum atomic E-state index is -0.622. The fraction of sp³-hybridized carbons (Fsp3) is 0.462. The molecule has 98 valence electrons. The topological polar surface area (TPSA) is 69.4 Å². The third-order valence-electron chi connectivity index (χ3n) is 2.60. The molecule has 0 N–H and O–H groups in total. The quantitative estimate of drug-likeness (QED) is 0.322. The van der Waals surface area contributed by atoms with Crippen molar-refractivity contribution in [1.29, 1.82) is 0 Å². The molecule has 0 fully saturated rings. The average Bonchev–Trinajstić information content (AvgIpc) is 2.33. The average molecular weight is 251 g/mol. The number of rotatable bonds is 7. The minimum Gasteiger partial charge on any atom is -0.466 e. The Bertz CT molecular complexity index is 391. The largest absolute Gasteiger partial charge is 0.466 e. The Hall–Kier alpha value is -1.91. The van der Waals surface area contributed by atoms with E-state index in [0.717, 1.165) is 5.56 Å². The zero-order chi connectivity index (χ0) is 13.4. The van der Waals surface area contributed by atoms with E-state index < -0.39 is 6.04 Å². The highest BCUT2D eigenvalue weighted by molar-refractivity contribution is 5.65. The Morgan fingerprint density at radius 1 is 1.39 bits per heavy atom. The van der Waals surface area contributed by atoms with Gasteiger partial charge >= 0.3 is 5.97 Å². The predicted octanol–water partition coefficient (Wildman–Crippen LogP) is 2.22. The third kappa shape index (κ3) is 5.43. The summed E-state index contributed by atoms with van der Waals surface area (Å²) >= 11 is 0. The van der Waals surface area contributed by atoms with Crippen LogP contribution in [0.4, 0.5) is 0 Å². The number of carbonyl (C=O) groups excluding carboxylic acids is 1. The lowest BCUT2D eigenvalue weighted by Crippen LogP contribution is -2.22. The van der Waals surface area contributed by atoms with Gasteiger partial charge in [-0.25, -0.2) is 0 Å². The summed E-state index contributed by atoms with van der Waals surface area (Å²) in [5.74, 6) is -0.351. The number of nitro groups is 1. The SMILES string of the molecule is CC(=O)OCCCC(Cc1ccccc1)[N+](=O)[O-]. The van der Waals surface area contributed by atoms with Crippen molar-refractivity contribution in [2.75, 3.05) is 6.61 Å². The standard InChI is InChI=1S/C13H17NO4/c1-11(15)18-9-5-8-13(14(16)17)10-12-6-3-2-4-7-12/h2-4,6-7,13H,5,8-10H2,1H3. The maximum Gasteiger partial charge on any atom is 0.302 e. The van der Waals surface area contributed by atoms with Crippen LogP contribution in [0, 0.1) is 10.1 Å². The van der Waals surface area contributed by atoms with Crippen molar-refractivity contribution in [1.82, 2.24) is 0 Å². The fourth-order valence-corrected chi connectivity index (χ4v) is 1.70. The zero-order valence-corrected chi connectivity index (χ0v) is 10.4. The number of carbonyl (C=O) groups is 1. The summed E-state index contributed by atoms with van der Waals surface area (Å²) < 4.78 is 4.76. The van der Waals surface area contributed by atoms with Crippen LogP contribution in [0.3, 0.4) is 0 Å². The summed E-state index contributed by atoms with van der Waals surface area (Å²) in [6.07, 6.45) is 1.33. The number of hydrogen-bond acceptors (Lipinski definition) is 4. The molecule has 1 aromatic rings. The van der Waals surface area contributed by atoms with E-state index in [0.29, 0.717) is 19.3 Å². The molecule has 0 heterocycles. The lowest BCUT2D eigenvalue weighted by molar-refractivity contribution is -0.523. The molecular formula is C13H17NO4. The van der Waals surface area contributed by atoms with Gasteiger partial charge in [-0.3, -0.25) is 14.9 Å². The third-order valence-corrected chi connectivity index (χ3v) is 2.60. The monoisotopic (exact) mass is 251 g/mol. The van der Waals surface area contributed by atoms with Crippen molar-refractivity contribution in [3.63, 3.8) is 0 Å². The fourth-order valence-electron chi connectivity index (χ4n) is 1.70. The van der Waals surface area contributed by atoms with Gasteiger partial charge in [0, 0.05) is 24.7 Å². The van der Waals surface area contributed by atoms with Crippen LogP contribution in [0.15, 0.2) is 30.3 Å². The van der Waals surface area contributed by atoms with Gasteiger partial charge in [0.25, 0.3) is 0 Å². The number of ether oxygens (including phenoxy) is 1. The summed E-state index contributed by atoms with van der Waals surface area (Å²) in [5.41, 5.74) is 0.951. The van der Waals surface area contributed by atoms with Crippen LogP contribution >= 0.6 is 0 Å². The van der Waals surface area contributed by atoms with Gasteiger partial charge in [-0.15, -0.1) is 0 Å². The number of esters is 1. The molecule has 0 aliphatic rings. The van der Waals surface area contributed by atoms with Crippen molar-refractivity contribution in [2.24, 2.45) is 0 Å². The van der Waals surface area contributed by atoms with Gasteiger partial charge in [0.05, 0.1) is 6.61 Å². The van der Waals surface area contributed by atoms with Gasteiger partial charge in [0.15, 0.2) is 0 Å². The highest BCUT2D eigenvalue weighted by atomic mass is 16.6. The molecule has 0 radical (unpaired) electrons. The van der Waals surface area contributed by atoms with Crippen molar-refractivity contribution in [2.45, 2.75) is 32.2 Å². The van der Waals surface area contributed by atoms with E-state index in [-0.39, 0.29) is 17.5 Å². The summed E-state index contributed by atoms with van der Waals surface area (Å²) in [7, 11) is 0. The molecule has 1 unspecified atom stereocenters. The minimum absolute atomic E-state index is 0.245. The smallest absolute Gasteiger partial charge is 0.302 e. The van der Waals surface area contributed by atoms with Crippen LogP contribution in [0.2, 0.25) is 0 Å². The molecule has 5 nitrogen and oxygen atoms in total. The van der Waals surface area contributed by atoms with Gasteiger partial charge in [-0.1, -0.05) is 30.3 Å². The first-order valence-electron chi connectivity index (χ1n) is 5.90. The van der Waals surface area contributed by atoms with Crippen LogP contribution in [0.1, 0.15) is 25.3 Å². The molecule has 1 aromatic carbocycles. The lowest BCUT2D eigenvalue weighted by atomic mass is 10.0. The molecule has 0 aromatic heterocycles. The van der Waals surface area contributed by atoms with Crippen molar-refractivity contribution in [3.05, 3.63) is 46.0 Å². The number of hydrogen-bond donors (Lipinski definition) is 0. The first kappa shape index (κ1) is 14.2. The van der Waals surface area contributed by atoms with Crippen LogP contribution in [-0.4, -0.2) is 23.5 Å². The molecule has 18 heavy (non-hydrogen) atoms. The lowest BCUT2D eigenvalue weighted by Gasteiger charge is -2.09. The van der Waals surface area contributed by atoms with E-state index in [4.69, 9.17) is 4.74 Å². The maximum absolute atomic E-state index is 10.9. The molecular weight excluding hydrogens is 234 g/mol. The van der Waals surface area contributed by atoms with Crippen molar-refractivity contribution >= 4 is 5.97 Å². The highest BCUT2D eigenvalue weighted by Gasteiger charge is 2.20. The normalized spacial score (nSPS) is 11.8. The summed E-state index contributed by atoms with van der Waals surface area (Å²) in [5, 5.41) is 10.9. The summed E-state index contributed by atoms with van der Waals surface area (Å²) in [6.45, 7) is 1.57. The Morgan fingerprint density at radius 3 is 2.61 bits per heavy atom. The van der Waals surface area contributed by atoms with E-state index in [9.17, 15) is 14.9 Å². The number of benzene rings is 1. The Morgan fingerprint density at radius 2 is 2.06 bits per heavy atom. The summed E-state index contributed by atoms with van der Waals surface area (Å²) in [4.78, 5) is 21.2. The molecule has 0 spiro atoms. The molecule has 0 aliphatic heterocycles. The van der Waals surface area contributed by atoms with Gasteiger partial charge in [-0.2, -0.15) is 0 Å². The van der Waals surface area contributed by atoms with Gasteiger partial charge < -0.3 is 4.74 Å². The van der Waals surface area contributed by atoms with E-state index in [1.54, 1.807) is 0 Å². The van der Waals surface area contributed by atoms with Gasteiger partial charge in [0.2, 0.25) is 6.04 Å². The van der Waals surface area contributed by atoms with Crippen LogP contribution < -0.4 is 0 Å². The second-order valence-electron chi connectivity index (χ2n) is 4.11. The molecule has 0 saturated heterocycles. The second-order valence-corrected chi connectivity index (χ2v) is 4.11. The molecule has 0 bridgehead atoms. The zero-order valence-electron chi connectivity index (χ0n) is 10.4. The van der Waals surface area contributed by atoms with Gasteiger partial charge in [0.1, 0.15) is 0 Å². The predicted molar refractivity (Wildman–Crippen MR) is 66.8 cm³/mol. The first-order valence-corrected chi connectivity index (χ1v) is 5.90. The summed E-state index contributed by atoms with van der Waals surface area (Å²) in [6, 6.07) is 8.75. The van der Waals surface area contributed by atoms with E-state index in [2.05, 4.69) is 0 Å². The maximum atomic E-state index is 10.9. The van der Waals surface area contributed by atoms with Crippen LogP contribution in [0.5, 0.6) is 0 Å². The highest BCUT2D eigenvalue weighted by Crippen LogP contribution is 2.10. The molecule has 0 aliphatic carbocycles. The van der Waals surface area contributed by atoms with Crippen LogP contribution in [-0.2, 0) is 16.0 Å². The molecule has 0 amide bonds. The van der Waals surface area contributed by atoms with E-state index >= 15 is 0 Å². The first-order chi connectivity index (χ1) is 8.59. The molecule has 5 heteroatoms. The Labute approximate surface area is 106 Å². The second kappa shape index (κ2) is 7.42. The Balaban J connectivity index is 2.41. The van der Waals surface area contributed by atoms with E-state index in [1.807, 2.05) is 30.3 Å². The van der Waals surface area contributed by atoms with Crippen molar-refractivity contribution in [3.8, 4) is 0 Å². The molecule has 1 atom stereocenters. The number of nitrogens with zero attached hydrogens (tertiary/aromatic N) is 1. The Kier molecular flexibility index (Phi) is 5.84. The van der Waals surface area contributed by atoms with Crippen molar-refractivity contribution < 1.29 is 14.5 Å². The van der Waals surface area contributed by atoms with Crippen LogP contribution in [0.25, 0.3) is 0 Å². The molecule has 1 rings (SSSR count). The van der Waals surface area contributed by atoms with E-state index in [1.165, 1.54) is 6.92 Å².